The normalized spacial score (nSPS) is 11.9. The summed E-state index contributed by atoms with van der Waals surface area (Å²) in [6.07, 6.45) is 6.00. The standard InChI is InChI=1S/C10H21NO2.Na/c1-3-4-5-6-7-8-11-9(2)10(12)13;/h9,11H,3-8H2,1-2H3,(H,12,13);/q;+1/p-1. The Morgan fingerprint density at radius 1 is 1.29 bits per heavy atom. The van der Waals surface area contributed by atoms with Crippen molar-refractivity contribution in [3.63, 3.8) is 0 Å². The summed E-state index contributed by atoms with van der Waals surface area (Å²) in [6, 6.07) is -0.522. The molecule has 1 unspecified atom stereocenters. The van der Waals surface area contributed by atoms with E-state index in [0.717, 1.165) is 13.0 Å². The van der Waals surface area contributed by atoms with Crippen LogP contribution in [0.3, 0.4) is 0 Å². The molecular weight excluding hydrogens is 189 g/mol. The number of aliphatic carboxylic acids is 1. The summed E-state index contributed by atoms with van der Waals surface area (Å²) >= 11 is 0. The molecule has 0 spiro atoms. The van der Waals surface area contributed by atoms with Gasteiger partial charge in [-0.3, -0.25) is 0 Å². The molecule has 0 aliphatic rings. The first-order valence-corrected chi connectivity index (χ1v) is 5.12. The molecule has 1 N–H and O–H groups in total. The number of carbonyl (C=O) groups excluding carboxylic acids is 1. The third-order valence-corrected chi connectivity index (χ3v) is 2.08. The molecule has 0 saturated heterocycles. The second-order valence-electron chi connectivity index (χ2n) is 3.41. The summed E-state index contributed by atoms with van der Waals surface area (Å²) in [4.78, 5) is 10.3. The van der Waals surface area contributed by atoms with Crippen molar-refractivity contribution in [3.8, 4) is 0 Å². The van der Waals surface area contributed by atoms with Crippen LogP contribution in [0.5, 0.6) is 0 Å². The molecule has 0 amide bonds. The van der Waals surface area contributed by atoms with E-state index >= 15 is 0 Å². The molecule has 0 fully saturated rings. The van der Waals surface area contributed by atoms with E-state index in [1.165, 1.54) is 25.7 Å². The molecule has 14 heavy (non-hydrogen) atoms. The number of nitrogens with one attached hydrogen (secondary N) is 1. The van der Waals surface area contributed by atoms with Crippen molar-refractivity contribution >= 4 is 5.97 Å². The smallest absolute Gasteiger partial charge is 0.548 e. The zero-order valence-electron chi connectivity index (χ0n) is 9.64. The van der Waals surface area contributed by atoms with Gasteiger partial charge in [0.2, 0.25) is 0 Å². The average molecular weight is 209 g/mol. The van der Waals surface area contributed by atoms with Crippen molar-refractivity contribution < 1.29 is 39.5 Å². The largest absolute Gasteiger partial charge is 1.00 e. The molecule has 0 aromatic heterocycles. The molecule has 0 aromatic carbocycles. The zero-order valence-corrected chi connectivity index (χ0v) is 11.6. The fraction of sp³-hybridized carbons (Fsp3) is 0.900. The molecule has 0 radical (unpaired) electrons. The third kappa shape index (κ3) is 10.5. The first kappa shape index (κ1) is 16.8. The molecule has 4 heteroatoms. The Balaban J connectivity index is 0. The van der Waals surface area contributed by atoms with Crippen LogP contribution in [0.2, 0.25) is 0 Å². The zero-order chi connectivity index (χ0) is 10.1. The van der Waals surface area contributed by atoms with Crippen LogP contribution < -0.4 is 40.0 Å². The number of carboxylic acid groups (broad SMARTS) is 1. The summed E-state index contributed by atoms with van der Waals surface area (Å²) in [5, 5.41) is 13.2. The maximum absolute atomic E-state index is 10.3. The van der Waals surface area contributed by atoms with Gasteiger partial charge in [-0.15, -0.1) is 0 Å². The predicted molar refractivity (Wildman–Crippen MR) is 51.2 cm³/mol. The Morgan fingerprint density at radius 3 is 2.36 bits per heavy atom. The van der Waals surface area contributed by atoms with Crippen LogP contribution in [0.25, 0.3) is 0 Å². The van der Waals surface area contributed by atoms with Gasteiger partial charge in [0.1, 0.15) is 0 Å². The van der Waals surface area contributed by atoms with Crippen LogP contribution in [0.1, 0.15) is 46.0 Å². The summed E-state index contributed by atoms with van der Waals surface area (Å²) in [5.41, 5.74) is 0. The second kappa shape index (κ2) is 11.5. The molecule has 0 heterocycles. The van der Waals surface area contributed by atoms with Gasteiger partial charge < -0.3 is 15.2 Å². The predicted octanol–water partition coefficient (Wildman–Crippen LogP) is -2.31. The maximum atomic E-state index is 10.3. The summed E-state index contributed by atoms with van der Waals surface area (Å²) < 4.78 is 0. The van der Waals surface area contributed by atoms with Crippen LogP contribution in [-0.4, -0.2) is 18.6 Å². The maximum Gasteiger partial charge on any atom is 1.00 e. The molecule has 0 aliphatic heterocycles. The summed E-state index contributed by atoms with van der Waals surface area (Å²) in [7, 11) is 0. The van der Waals surface area contributed by atoms with Gasteiger partial charge in [-0.1, -0.05) is 32.6 Å². The SMILES string of the molecule is CCCCCCCNC(C)C(=O)[O-].[Na+]. The molecule has 0 rings (SSSR count). The molecule has 0 aromatic rings. The molecule has 0 bridgehead atoms. The van der Waals surface area contributed by atoms with E-state index in [0.29, 0.717) is 0 Å². The Bertz CT molecular complexity index is 142. The summed E-state index contributed by atoms with van der Waals surface area (Å²) in [5.74, 6) is -1.02. The Labute approximate surface area is 109 Å². The van der Waals surface area contributed by atoms with Crippen LogP contribution in [0.15, 0.2) is 0 Å². The van der Waals surface area contributed by atoms with Crippen molar-refractivity contribution in [2.45, 2.75) is 52.0 Å². The first-order valence-electron chi connectivity index (χ1n) is 5.12. The van der Waals surface area contributed by atoms with Gasteiger partial charge in [-0.05, 0) is 19.9 Å². The van der Waals surface area contributed by atoms with E-state index in [2.05, 4.69) is 12.2 Å². The average Bonchev–Trinajstić information content (AvgIpc) is 2.10. The van der Waals surface area contributed by atoms with Crippen molar-refractivity contribution in [3.05, 3.63) is 0 Å². The molecule has 78 valence electrons. The van der Waals surface area contributed by atoms with Gasteiger partial charge in [-0.25, -0.2) is 0 Å². The van der Waals surface area contributed by atoms with Crippen molar-refractivity contribution in [1.82, 2.24) is 5.32 Å². The Kier molecular flexibility index (Phi) is 13.8. The van der Waals surface area contributed by atoms with E-state index in [-0.39, 0.29) is 29.6 Å². The third-order valence-electron chi connectivity index (χ3n) is 2.08. The molecule has 3 nitrogen and oxygen atoms in total. The van der Waals surface area contributed by atoms with Crippen LogP contribution in [-0.2, 0) is 4.79 Å². The molecular formula is C10H20NNaO2. The van der Waals surface area contributed by atoms with Crippen molar-refractivity contribution in [2.24, 2.45) is 0 Å². The fourth-order valence-electron chi connectivity index (χ4n) is 1.13. The van der Waals surface area contributed by atoms with E-state index in [9.17, 15) is 9.90 Å². The quantitative estimate of drug-likeness (QED) is 0.361. The monoisotopic (exact) mass is 209 g/mol. The van der Waals surface area contributed by atoms with Gasteiger partial charge in [0, 0.05) is 6.04 Å². The van der Waals surface area contributed by atoms with Gasteiger partial charge in [0.05, 0.1) is 5.97 Å². The van der Waals surface area contributed by atoms with Crippen LogP contribution in [0, 0.1) is 0 Å². The number of carboxylic acids is 1. The van der Waals surface area contributed by atoms with E-state index in [1.807, 2.05) is 0 Å². The summed E-state index contributed by atoms with van der Waals surface area (Å²) in [6.45, 7) is 4.57. The van der Waals surface area contributed by atoms with Gasteiger partial charge in [0.15, 0.2) is 0 Å². The van der Waals surface area contributed by atoms with Gasteiger partial charge in [0.25, 0.3) is 0 Å². The number of carbonyl (C=O) groups is 1. The molecule has 1 atom stereocenters. The Hall–Kier alpha value is 0.430. The number of rotatable bonds is 8. The molecule has 0 saturated carbocycles. The first-order chi connectivity index (χ1) is 6.18. The second-order valence-corrected chi connectivity index (χ2v) is 3.41. The molecule has 0 aliphatic carbocycles. The van der Waals surface area contributed by atoms with E-state index in [1.54, 1.807) is 6.92 Å². The number of unbranched alkanes of at least 4 members (excludes halogenated alkanes) is 4. The topological polar surface area (TPSA) is 52.2 Å². The van der Waals surface area contributed by atoms with E-state index in [4.69, 9.17) is 0 Å². The number of hydrogen-bond donors (Lipinski definition) is 1. The number of hydrogen-bond acceptors (Lipinski definition) is 3. The van der Waals surface area contributed by atoms with Crippen LogP contribution >= 0.6 is 0 Å². The minimum atomic E-state index is -1.02. The van der Waals surface area contributed by atoms with Gasteiger partial charge in [-0.2, -0.15) is 0 Å². The van der Waals surface area contributed by atoms with Crippen molar-refractivity contribution in [1.29, 1.82) is 0 Å². The fourth-order valence-corrected chi connectivity index (χ4v) is 1.13. The van der Waals surface area contributed by atoms with Gasteiger partial charge >= 0.3 is 29.6 Å². The van der Waals surface area contributed by atoms with E-state index < -0.39 is 12.0 Å². The minimum absolute atomic E-state index is 0. The van der Waals surface area contributed by atoms with Crippen LogP contribution in [0.4, 0.5) is 0 Å². The minimum Gasteiger partial charge on any atom is -0.548 e. The van der Waals surface area contributed by atoms with Crippen molar-refractivity contribution in [2.75, 3.05) is 6.54 Å². The Morgan fingerprint density at radius 2 is 1.86 bits per heavy atom.